The average molecular weight is 248 g/mol. The summed E-state index contributed by atoms with van der Waals surface area (Å²) >= 11 is 0. The van der Waals surface area contributed by atoms with Crippen molar-refractivity contribution < 1.29 is 9.53 Å². The van der Waals surface area contributed by atoms with Crippen LogP contribution in [0.4, 0.5) is 4.79 Å². The molecule has 1 aromatic rings. The van der Waals surface area contributed by atoms with Gasteiger partial charge in [0.2, 0.25) is 0 Å². The number of hydrogen-bond acceptors (Lipinski definition) is 3. The second-order valence-electron chi connectivity index (χ2n) is 4.65. The van der Waals surface area contributed by atoms with Gasteiger partial charge in [0.1, 0.15) is 6.61 Å². The second kappa shape index (κ2) is 6.40. The third-order valence-corrected chi connectivity index (χ3v) is 3.31. The van der Waals surface area contributed by atoms with Crippen molar-refractivity contribution in [1.29, 1.82) is 0 Å². The first-order valence-corrected chi connectivity index (χ1v) is 6.41. The Balaban J connectivity index is 1.80. The number of nitrogens with one attached hydrogen (secondary N) is 1. The molecule has 1 fully saturated rings. The molecule has 1 atom stereocenters. The number of amides is 1. The predicted molar refractivity (Wildman–Crippen MR) is 70.3 cm³/mol. The van der Waals surface area contributed by atoms with E-state index in [1.807, 2.05) is 37.4 Å². The fraction of sp³-hybridized carbons (Fsp3) is 0.500. The maximum Gasteiger partial charge on any atom is 0.410 e. The van der Waals surface area contributed by atoms with Crippen LogP contribution in [0.2, 0.25) is 0 Å². The molecule has 98 valence electrons. The Bertz CT molecular complexity index is 375. The summed E-state index contributed by atoms with van der Waals surface area (Å²) in [5.74, 6) is 0. The Morgan fingerprint density at radius 2 is 2.22 bits per heavy atom. The van der Waals surface area contributed by atoms with Gasteiger partial charge in [-0.15, -0.1) is 0 Å². The number of carbonyl (C=O) groups excluding carboxylic acids is 1. The van der Waals surface area contributed by atoms with Crippen molar-refractivity contribution >= 4 is 6.09 Å². The normalized spacial score (nSPS) is 19.3. The zero-order chi connectivity index (χ0) is 12.8. The van der Waals surface area contributed by atoms with Gasteiger partial charge in [-0.3, -0.25) is 0 Å². The van der Waals surface area contributed by atoms with Gasteiger partial charge in [-0.1, -0.05) is 30.3 Å². The molecule has 1 amide bonds. The van der Waals surface area contributed by atoms with E-state index < -0.39 is 0 Å². The van der Waals surface area contributed by atoms with Crippen molar-refractivity contribution in [1.82, 2.24) is 10.2 Å². The lowest BCUT2D eigenvalue weighted by molar-refractivity contribution is 0.0860. The lowest BCUT2D eigenvalue weighted by atomic mass is 10.1. The zero-order valence-corrected chi connectivity index (χ0v) is 10.8. The average Bonchev–Trinajstić information content (AvgIpc) is 2.46. The van der Waals surface area contributed by atoms with Crippen LogP contribution in [0.25, 0.3) is 0 Å². The van der Waals surface area contributed by atoms with Crippen LogP contribution in [0, 0.1) is 0 Å². The minimum absolute atomic E-state index is 0.243. The van der Waals surface area contributed by atoms with E-state index in [2.05, 4.69) is 5.32 Å². The van der Waals surface area contributed by atoms with Crippen LogP contribution in [0.15, 0.2) is 30.3 Å². The molecule has 2 rings (SSSR count). The minimum Gasteiger partial charge on any atom is -0.445 e. The molecule has 1 heterocycles. The Kier molecular flexibility index (Phi) is 4.59. The fourth-order valence-electron chi connectivity index (χ4n) is 2.13. The highest BCUT2D eigenvalue weighted by Gasteiger charge is 2.22. The van der Waals surface area contributed by atoms with Crippen LogP contribution in [0.1, 0.15) is 18.4 Å². The van der Waals surface area contributed by atoms with E-state index in [1.165, 1.54) is 0 Å². The first-order chi connectivity index (χ1) is 8.77. The molecule has 0 radical (unpaired) electrons. The van der Waals surface area contributed by atoms with E-state index in [0.29, 0.717) is 6.61 Å². The summed E-state index contributed by atoms with van der Waals surface area (Å²) in [6.07, 6.45) is 1.91. The van der Waals surface area contributed by atoms with E-state index in [9.17, 15) is 4.79 Å². The highest BCUT2D eigenvalue weighted by atomic mass is 16.6. The molecule has 0 aliphatic carbocycles. The van der Waals surface area contributed by atoms with Gasteiger partial charge in [-0.05, 0) is 24.9 Å². The van der Waals surface area contributed by atoms with E-state index in [0.717, 1.165) is 31.5 Å². The number of piperidine rings is 1. The summed E-state index contributed by atoms with van der Waals surface area (Å²) < 4.78 is 5.30. The molecule has 18 heavy (non-hydrogen) atoms. The number of benzene rings is 1. The zero-order valence-electron chi connectivity index (χ0n) is 10.8. The molecular formula is C14H20N2O2. The molecular weight excluding hydrogens is 228 g/mol. The quantitative estimate of drug-likeness (QED) is 0.889. The molecule has 1 N–H and O–H groups in total. The Morgan fingerprint density at radius 1 is 1.44 bits per heavy atom. The van der Waals surface area contributed by atoms with Gasteiger partial charge < -0.3 is 15.0 Å². The number of likely N-dealkylation sites (N-methyl/N-ethyl adjacent to an activating group) is 1. The summed E-state index contributed by atoms with van der Waals surface area (Å²) in [7, 11) is 1.81. The van der Waals surface area contributed by atoms with Crippen molar-refractivity contribution in [3.63, 3.8) is 0 Å². The van der Waals surface area contributed by atoms with E-state index in [1.54, 1.807) is 4.90 Å². The van der Waals surface area contributed by atoms with E-state index in [-0.39, 0.29) is 12.1 Å². The van der Waals surface area contributed by atoms with Crippen LogP contribution in [-0.4, -0.2) is 37.2 Å². The van der Waals surface area contributed by atoms with Crippen LogP contribution in [0.3, 0.4) is 0 Å². The third kappa shape index (κ3) is 3.47. The first-order valence-electron chi connectivity index (χ1n) is 6.41. The van der Waals surface area contributed by atoms with Gasteiger partial charge in [-0.25, -0.2) is 4.79 Å². The number of carbonyl (C=O) groups is 1. The van der Waals surface area contributed by atoms with Crippen LogP contribution in [0.5, 0.6) is 0 Å². The van der Waals surface area contributed by atoms with Gasteiger partial charge in [0.05, 0.1) is 0 Å². The van der Waals surface area contributed by atoms with Crippen molar-refractivity contribution in [2.45, 2.75) is 25.5 Å². The van der Waals surface area contributed by atoms with Gasteiger partial charge >= 0.3 is 6.09 Å². The Morgan fingerprint density at radius 3 is 2.89 bits per heavy atom. The molecule has 1 aromatic carbocycles. The van der Waals surface area contributed by atoms with Gasteiger partial charge in [0.15, 0.2) is 0 Å². The van der Waals surface area contributed by atoms with Crippen LogP contribution >= 0.6 is 0 Å². The molecule has 4 nitrogen and oxygen atoms in total. The predicted octanol–water partition coefficient (Wildman–Crippen LogP) is 2.01. The van der Waals surface area contributed by atoms with Gasteiger partial charge in [0.25, 0.3) is 0 Å². The van der Waals surface area contributed by atoms with Crippen molar-refractivity contribution in [3.05, 3.63) is 35.9 Å². The maximum atomic E-state index is 11.9. The molecule has 1 aliphatic heterocycles. The van der Waals surface area contributed by atoms with E-state index >= 15 is 0 Å². The third-order valence-electron chi connectivity index (χ3n) is 3.31. The van der Waals surface area contributed by atoms with Crippen LogP contribution in [-0.2, 0) is 11.3 Å². The van der Waals surface area contributed by atoms with Gasteiger partial charge in [0, 0.05) is 19.6 Å². The number of rotatable bonds is 3. The molecule has 1 unspecified atom stereocenters. The van der Waals surface area contributed by atoms with Crippen molar-refractivity contribution in [2.24, 2.45) is 0 Å². The molecule has 0 saturated carbocycles. The first kappa shape index (κ1) is 12.9. The smallest absolute Gasteiger partial charge is 0.410 e. The highest BCUT2D eigenvalue weighted by molar-refractivity contribution is 5.67. The van der Waals surface area contributed by atoms with Crippen molar-refractivity contribution in [3.8, 4) is 0 Å². The second-order valence-corrected chi connectivity index (χ2v) is 4.65. The summed E-state index contributed by atoms with van der Waals surface area (Å²) in [5, 5.41) is 3.29. The topological polar surface area (TPSA) is 41.6 Å². The summed E-state index contributed by atoms with van der Waals surface area (Å²) in [6, 6.07) is 9.99. The lowest BCUT2D eigenvalue weighted by Gasteiger charge is -2.30. The summed E-state index contributed by atoms with van der Waals surface area (Å²) in [5.41, 5.74) is 1.01. The standard InChI is InChI=1S/C14H20N2O2/c1-16(13-8-5-9-15-10-13)14(17)18-11-12-6-3-2-4-7-12/h2-4,6-7,13,15H,5,8-11H2,1H3. The molecule has 0 aromatic heterocycles. The summed E-state index contributed by atoms with van der Waals surface area (Å²) in [4.78, 5) is 13.6. The monoisotopic (exact) mass is 248 g/mol. The Labute approximate surface area is 108 Å². The molecule has 4 heteroatoms. The number of hydrogen-bond donors (Lipinski definition) is 1. The van der Waals surface area contributed by atoms with Crippen molar-refractivity contribution in [2.75, 3.05) is 20.1 Å². The summed E-state index contributed by atoms with van der Waals surface area (Å²) in [6.45, 7) is 2.24. The minimum atomic E-state index is -0.243. The Hall–Kier alpha value is -1.55. The van der Waals surface area contributed by atoms with Gasteiger partial charge in [-0.2, -0.15) is 0 Å². The fourth-order valence-corrected chi connectivity index (χ4v) is 2.13. The maximum absolute atomic E-state index is 11.9. The molecule has 0 spiro atoms. The van der Waals surface area contributed by atoms with E-state index in [4.69, 9.17) is 4.74 Å². The lowest BCUT2D eigenvalue weighted by Crippen LogP contribution is -2.46. The van der Waals surface area contributed by atoms with Crippen LogP contribution < -0.4 is 5.32 Å². The molecule has 1 saturated heterocycles. The largest absolute Gasteiger partial charge is 0.445 e. The SMILES string of the molecule is CN(C(=O)OCc1ccccc1)C1CCCNC1. The highest BCUT2D eigenvalue weighted by Crippen LogP contribution is 2.10. The number of ether oxygens (including phenoxy) is 1. The molecule has 1 aliphatic rings. The number of nitrogens with zero attached hydrogens (tertiary/aromatic N) is 1. The molecule has 0 bridgehead atoms.